The van der Waals surface area contributed by atoms with Crippen molar-refractivity contribution < 1.29 is 0 Å². The van der Waals surface area contributed by atoms with Crippen LogP contribution >= 0.6 is 0 Å². The lowest BCUT2D eigenvalue weighted by atomic mass is 10.4. The molecule has 0 aromatic heterocycles. The first kappa shape index (κ1) is 4.68. The van der Waals surface area contributed by atoms with Gasteiger partial charge in [0.15, 0.2) is 0 Å². The maximum atomic E-state index is 3.92. The van der Waals surface area contributed by atoms with E-state index in [0.29, 0.717) is 0 Å². The molecule has 1 aliphatic carbocycles. The number of allylic oxidation sites excluding steroid dienone is 5. The number of hydrogen-bond donors (Lipinski definition) is 0. The summed E-state index contributed by atoms with van der Waals surface area (Å²) >= 11 is 0. The fraction of sp³-hybridized carbons (Fsp3) is 0.143. The molecule has 0 spiro atoms. The van der Waals surface area contributed by atoms with Crippen molar-refractivity contribution >= 4 is 0 Å². The van der Waals surface area contributed by atoms with Gasteiger partial charge < -0.3 is 0 Å². The summed E-state index contributed by atoms with van der Waals surface area (Å²) in [6.45, 7) is 0. The molecule has 2 rings (SSSR count). The van der Waals surface area contributed by atoms with Gasteiger partial charge in [0.2, 0.25) is 0 Å². The van der Waals surface area contributed by atoms with Crippen molar-refractivity contribution in [1.29, 1.82) is 0 Å². The molecule has 2 aliphatic rings. The highest BCUT2D eigenvalue weighted by molar-refractivity contribution is 5.43. The molecule has 0 N–H and O–H groups in total. The van der Waals surface area contributed by atoms with Gasteiger partial charge in [0.05, 0.1) is 5.70 Å². The van der Waals surface area contributed by atoms with E-state index >= 15 is 0 Å². The van der Waals surface area contributed by atoms with E-state index in [1.807, 2.05) is 12.2 Å². The van der Waals surface area contributed by atoms with Crippen LogP contribution in [0.25, 0.3) is 0 Å². The van der Waals surface area contributed by atoms with Crippen LogP contribution in [0.4, 0.5) is 0 Å². The lowest BCUT2D eigenvalue weighted by Crippen LogP contribution is -1.54. The zero-order valence-electron chi connectivity index (χ0n) is 4.91. The van der Waals surface area contributed by atoms with Gasteiger partial charge >= 0.3 is 0 Å². The highest BCUT2D eigenvalue weighted by atomic mass is 15.1. The van der Waals surface area contributed by atoms with Crippen LogP contribution in [0.1, 0.15) is 6.42 Å². The third-order valence-electron chi connectivity index (χ3n) is 1.34. The van der Waals surface area contributed by atoms with Crippen LogP contribution in [-0.2, 0) is 0 Å². The summed E-state index contributed by atoms with van der Waals surface area (Å²) in [6, 6.07) is 0. The fourth-order valence-electron chi connectivity index (χ4n) is 0.754. The summed E-state index contributed by atoms with van der Waals surface area (Å²) in [7, 11) is 0. The third-order valence-corrected chi connectivity index (χ3v) is 1.34. The Kier molecular flexibility index (Phi) is 0.859. The second-order valence-corrected chi connectivity index (χ2v) is 2.06. The molecule has 2 heteroatoms. The molecule has 1 aliphatic heterocycles. The van der Waals surface area contributed by atoms with Crippen molar-refractivity contribution in [3.63, 3.8) is 0 Å². The Morgan fingerprint density at radius 2 is 2.33 bits per heavy atom. The molecular weight excluding hydrogens is 112 g/mol. The van der Waals surface area contributed by atoms with Crippen LogP contribution in [0.15, 0.2) is 45.9 Å². The van der Waals surface area contributed by atoms with E-state index in [1.54, 1.807) is 6.20 Å². The van der Waals surface area contributed by atoms with Crippen molar-refractivity contribution in [3.8, 4) is 0 Å². The molecular formula is C7H6N2. The smallest absolute Gasteiger partial charge is 0.0710 e. The maximum Gasteiger partial charge on any atom is 0.0710 e. The summed E-state index contributed by atoms with van der Waals surface area (Å²) in [4.78, 5) is 0. The summed E-state index contributed by atoms with van der Waals surface area (Å²) in [5.41, 5.74) is 2.46. The minimum Gasteiger partial charge on any atom is -0.159 e. The molecule has 44 valence electrons. The Hall–Kier alpha value is -1.18. The molecule has 0 bridgehead atoms. The maximum absolute atomic E-state index is 3.92. The van der Waals surface area contributed by atoms with Gasteiger partial charge in [-0.25, -0.2) is 0 Å². The summed E-state index contributed by atoms with van der Waals surface area (Å²) in [5.74, 6) is 0. The summed E-state index contributed by atoms with van der Waals surface area (Å²) < 4.78 is 0. The van der Waals surface area contributed by atoms with Crippen LogP contribution in [0.2, 0.25) is 0 Å². The second-order valence-electron chi connectivity index (χ2n) is 2.06. The number of rotatable bonds is 0. The van der Waals surface area contributed by atoms with Gasteiger partial charge in [-0.1, -0.05) is 12.2 Å². The van der Waals surface area contributed by atoms with Crippen LogP contribution in [0.5, 0.6) is 0 Å². The topological polar surface area (TPSA) is 24.7 Å². The van der Waals surface area contributed by atoms with Gasteiger partial charge in [0.25, 0.3) is 0 Å². The highest BCUT2D eigenvalue weighted by Gasteiger charge is 2.18. The van der Waals surface area contributed by atoms with Gasteiger partial charge in [0, 0.05) is 12.6 Å². The molecule has 0 amide bonds. The summed E-state index contributed by atoms with van der Waals surface area (Å²) in [5, 5.41) is 7.71. The van der Waals surface area contributed by atoms with Crippen molar-refractivity contribution in [1.82, 2.24) is 0 Å². The predicted octanol–water partition coefficient (Wildman–Crippen LogP) is 2.18. The highest BCUT2D eigenvalue weighted by Crippen LogP contribution is 2.33. The predicted molar refractivity (Wildman–Crippen MR) is 34.8 cm³/mol. The molecule has 0 unspecified atom stereocenters. The minimum absolute atomic E-state index is 1.03. The summed E-state index contributed by atoms with van der Waals surface area (Å²) in [6.07, 6.45) is 8.66. The Labute approximate surface area is 53.3 Å². The average Bonchev–Trinajstić information content (AvgIpc) is 2.46. The van der Waals surface area contributed by atoms with E-state index in [0.717, 1.165) is 12.1 Å². The van der Waals surface area contributed by atoms with Gasteiger partial charge in [-0.2, -0.15) is 10.2 Å². The molecule has 0 radical (unpaired) electrons. The van der Waals surface area contributed by atoms with Gasteiger partial charge in [0.1, 0.15) is 0 Å². The van der Waals surface area contributed by atoms with E-state index in [1.165, 1.54) is 5.57 Å². The monoisotopic (exact) mass is 118 g/mol. The molecule has 0 aromatic carbocycles. The first-order valence-corrected chi connectivity index (χ1v) is 2.93. The van der Waals surface area contributed by atoms with Crippen LogP contribution < -0.4 is 0 Å². The largest absolute Gasteiger partial charge is 0.159 e. The molecule has 2 nitrogen and oxygen atoms in total. The SMILES string of the molecule is C1=C\N=NC2=C(\C=C/1)C2. The van der Waals surface area contributed by atoms with Crippen LogP contribution in [0, 0.1) is 0 Å². The molecule has 9 heavy (non-hydrogen) atoms. The standard InChI is InChI=1S/C7H6N2/c1-2-4-8-9-7-5-6(7)3-1/h1-4H,5H2/b2-1?,3-1-,4-2-,6-3?,8-4?,9-7?,9-8?. The van der Waals surface area contributed by atoms with Crippen molar-refractivity contribution in [2.24, 2.45) is 10.2 Å². The van der Waals surface area contributed by atoms with Crippen molar-refractivity contribution in [3.05, 3.63) is 35.7 Å². The van der Waals surface area contributed by atoms with Crippen LogP contribution in [0.3, 0.4) is 0 Å². The van der Waals surface area contributed by atoms with Gasteiger partial charge in [-0.15, -0.1) is 0 Å². The second kappa shape index (κ2) is 1.65. The van der Waals surface area contributed by atoms with E-state index in [-0.39, 0.29) is 0 Å². The fourth-order valence-corrected chi connectivity index (χ4v) is 0.754. The minimum atomic E-state index is 1.03. The van der Waals surface area contributed by atoms with E-state index in [2.05, 4.69) is 16.3 Å². The van der Waals surface area contributed by atoms with Crippen molar-refractivity contribution in [2.75, 3.05) is 0 Å². The number of nitrogens with zero attached hydrogens (tertiary/aromatic N) is 2. The quantitative estimate of drug-likeness (QED) is 0.465. The van der Waals surface area contributed by atoms with Crippen molar-refractivity contribution in [2.45, 2.75) is 6.42 Å². The average molecular weight is 118 g/mol. The molecule has 0 fully saturated rings. The van der Waals surface area contributed by atoms with Gasteiger partial charge in [-0.3, -0.25) is 0 Å². The molecule has 0 saturated heterocycles. The molecule has 0 atom stereocenters. The first-order chi connectivity index (χ1) is 4.47. The Bertz CT molecular complexity index is 220. The first-order valence-electron chi connectivity index (χ1n) is 2.93. The van der Waals surface area contributed by atoms with E-state index < -0.39 is 0 Å². The van der Waals surface area contributed by atoms with E-state index in [4.69, 9.17) is 0 Å². The zero-order valence-corrected chi connectivity index (χ0v) is 4.91. The number of azo groups is 1. The lowest BCUT2D eigenvalue weighted by molar-refractivity contribution is 1.17. The van der Waals surface area contributed by atoms with Gasteiger partial charge in [-0.05, 0) is 11.6 Å². The Morgan fingerprint density at radius 3 is 3.33 bits per heavy atom. The molecule has 0 saturated carbocycles. The van der Waals surface area contributed by atoms with Crippen LogP contribution in [-0.4, -0.2) is 0 Å². The zero-order chi connectivity index (χ0) is 6.10. The lowest BCUT2D eigenvalue weighted by Gasteiger charge is -1.76. The Morgan fingerprint density at radius 1 is 1.33 bits per heavy atom. The van der Waals surface area contributed by atoms with E-state index in [9.17, 15) is 0 Å². The number of hydrogen-bond acceptors (Lipinski definition) is 2. The Balaban J connectivity index is 2.31. The molecule has 1 heterocycles. The molecule has 0 aromatic rings. The normalized spacial score (nSPS) is 28.4. The third kappa shape index (κ3) is 0.830.